The molecule has 0 saturated heterocycles. The van der Waals surface area contributed by atoms with E-state index in [4.69, 9.17) is 4.74 Å². The van der Waals surface area contributed by atoms with E-state index in [9.17, 15) is 0 Å². The molecule has 0 aliphatic carbocycles. The minimum Gasteiger partial charge on any atom is -0.375 e. The summed E-state index contributed by atoms with van der Waals surface area (Å²) in [5.41, 5.74) is 5.23. The maximum Gasteiger partial charge on any atom is 0.0717 e. The molecule has 0 unspecified atom stereocenters. The Hall–Kier alpha value is -2.06. The molecule has 21 heavy (non-hydrogen) atoms. The van der Waals surface area contributed by atoms with Gasteiger partial charge in [0.1, 0.15) is 0 Å². The molecule has 0 atom stereocenters. The molecule has 0 amide bonds. The van der Waals surface area contributed by atoms with Gasteiger partial charge in [0.2, 0.25) is 0 Å². The van der Waals surface area contributed by atoms with Gasteiger partial charge in [0, 0.05) is 23.1 Å². The second-order valence-electron chi connectivity index (χ2n) is 5.42. The van der Waals surface area contributed by atoms with Crippen LogP contribution in [0.15, 0.2) is 54.6 Å². The van der Waals surface area contributed by atoms with Gasteiger partial charge in [-0.2, -0.15) is 0 Å². The number of para-hydroxylation sites is 1. The standard InChI is InChI=1S/C19H21NO/c1-15-16(2)20(19-11-7-6-10-18(15)19)12-13-21-14-17-8-4-3-5-9-17/h3-11H,12-14H2,1-2H3. The molecule has 0 radical (unpaired) electrons. The Kier molecular flexibility index (Phi) is 4.07. The Balaban J connectivity index is 1.67. The van der Waals surface area contributed by atoms with E-state index in [-0.39, 0.29) is 0 Å². The van der Waals surface area contributed by atoms with Gasteiger partial charge in [0.15, 0.2) is 0 Å². The van der Waals surface area contributed by atoms with E-state index in [0.717, 1.165) is 13.2 Å². The largest absolute Gasteiger partial charge is 0.375 e. The zero-order chi connectivity index (χ0) is 14.7. The van der Waals surface area contributed by atoms with E-state index in [0.29, 0.717) is 6.61 Å². The quantitative estimate of drug-likeness (QED) is 0.628. The van der Waals surface area contributed by atoms with Crippen LogP contribution in [0.2, 0.25) is 0 Å². The molecule has 1 heterocycles. The Morgan fingerprint density at radius 1 is 0.905 bits per heavy atom. The third kappa shape index (κ3) is 2.86. The predicted molar refractivity (Wildman–Crippen MR) is 87.5 cm³/mol. The van der Waals surface area contributed by atoms with Gasteiger partial charge >= 0.3 is 0 Å². The lowest BCUT2D eigenvalue weighted by Crippen LogP contribution is -2.07. The zero-order valence-corrected chi connectivity index (χ0v) is 12.7. The van der Waals surface area contributed by atoms with Crippen molar-refractivity contribution < 1.29 is 4.74 Å². The summed E-state index contributed by atoms with van der Waals surface area (Å²) in [6, 6.07) is 18.9. The maximum absolute atomic E-state index is 5.82. The van der Waals surface area contributed by atoms with Gasteiger partial charge in [-0.1, -0.05) is 48.5 Å². The molecule has 3 rings (SSSR count). The topological polar surface area (TPSA) is 14.2 Å². The SMILES string of the molecule is Cc1c(C)n(CCOCc2ccccc2)c2ccccc12. The van der Waals surface area contributed by atoms with E-state index in [1.54, 1.807) is 0 Å². The van der Waals surface area contributed by atoms with Crippen molar-refractivity contribution in [3.8, 4) is 0 Å². The van der Waals surface area contributed by atoms with Crippen LogP contribution in [0.5, 0.6) is 0 Å². The number of hydrogen-bond acceptors (Lipinski definition) is 1. The van der Waals surface area contributed by atoms with Crippen molar-refractivity contribution in [1.29, 1.82) is 0 Å². The van der Waals surface area contributed by atoms with Crippen molar-refractivity contribution in [2.45, 2.75) is 27.0 Å². The number of aryl methyl sites for hydroxylation is 1. The third-order valence-corrected chi connectivity index (χ3v) is 4.12. The Morgan fingerprint density at radius 2 is 1.62 bits per heavy atom. The highest BCUT2D eigenvalue weighted by molar-refractivity contribution is 5.85. The monoisotopic (exact) mass is 279 g/mol. The van der Waals surface area contributed by atoms with E-state index >= 15 is 0 Å². The van der Waals surface area contributed by atoms with E-state index in [1.165, 1.54) is 27.7 Å². The van der Waals surface area contributed by atoms with Crippen molar-refractivity contribution in [3.05, 3.63) is 71.4 Å². The first-order valence-corrected chi connectivity index (χ1v) is 7.43. The molecule has 0 N–H and O–H groups in total. The predicted octanol–water partition coefficient (Wildman–Crippen LogP) is 4.47. The van der Waals surface area contributed by atoms with Crippen LogP contribution in [0.1, 0.15) is 16.8 Å². The van der Waals surface area contributed by atoms with Crippen molar-refractivity contribution in [2.75, 3.05) is 6.61 Å². The van der Waals surface area contributed by atoms with Gasteiger partial charge < -0.3 is 9.30 Å². The summed E-state index contributed by atoms with van der Waals surface area (Å²) in [6.07, 6.45) is 0. The van der Waals surface area contributed by atoms with Crippen LogP contribution in [0.3, 0.4) is 0 Å². The summed E-state index contributed by atoms with van der Waals surface area (Å²) in [4.78, 5) is 0. The van der Waals surface area contributed by atoms with E-state index in [2.05, 4.69) is 54.8 Å². The molecule has 0 aliphatic heterocycles. The minimum absolute atomic E-state index is 0.679. The molecule has 1 aromatic heterocycles. The summed E-state index contributed by atoms with van der Waals surface area (Å²) in [6.45, 7) is 6.68. The average molecular weight is 279 g/mol. The smallest absolute Gasteiger partial charge is 0.0717 e. The highest BCUT2D eigenvalue weighted by atomic mass is 16.5. The van der Waals surface area contributed by atoms with Crippen LogP contribution in [-0.2, 0) is 17.9 Å². The second-order valence-corrected chi connectivity index (χ2v) is 5.42. The molecule has 2 aromatic carbocycles. The van der Waals surface area contributed by atoms with Crippen LogP contribution in [0, 0.1) is 13.8 Å². The highest BCUT2D eigenvalue weighted by Gasteiger charge is 2.09. The lowest BCUT2D eigenvalue weighted by Gasteiger charge is -2.09. The first kappa shape index (κ1) is 13.9. The number of benzene rings is 2. The number of fused-ring (bicyclic) bond motifs is 1. The Morgan fingerprint density at radius 3 is 2.43 bits per heavy atom. The minimum atomic E-state index is 0.679. The maximum atomic E-state index is 5.82. The fourth-order valence-electron chi connectivity index (χ4n) is 2.81. The van der Waals surface area contributed by atoms with Gasteiger partial charge in [-0.05, 0) is 31.0 Å². The molecular formula is C19H21NO. The van der Waals surface area contributed by atoms with Crippen LogP contribution < -0.4 is 0 Å². The summed E-state index contributed by atoms with van der Waals surface area (Å²) >= 11 is 0. The normalized spacial score (nSPS) is 11.1. The highest BCUT2D eigenvalue weighted by Crippen LogP contribution is 2.24. The van der Waals surface area contributed by atoms with Crippen molar-refractivity contribution >= 4 is 10.9 Å². The zero-order valence-electron chi connectivity index (χ0n) is 12.7. The van der Waals surface area contributed by atoms with Crippen LogP contribution in [-0.4, -0.2) is 11.2 Å². The van der Waals surface area contributed by atoms with Gasteiger partial charge in [-0.3, -0.25) is 0 Å². The molecule has 108 valence electrons. The first-order chi connectivity index (χ1) is 10.3. The van der Waals surface area contributed by atoms with Crippen LogP contribution in [0.4, 0.5) is 0 Å². The Bertz CT molecular complexity index is 728. The fourth-order valence-corrected chi connectivity index (χ4v) is 2.81. The van der Waals surface area contributed by atoms with E-state index in [1.807, 2.05) is 18.2 Å². The van der Waals surface area contributed by atoms with Gasteiger partial charge in [0.25, 0.3) is 0 Å². The molecule has 0 saturated carbocycles. The molecule has 0 aliphatic rings. The molecule has 0 bridgehead atoms. The molecule has 2 nitrogen and oxygen atoms in total. The lowest BCUT2D eigenvalue weighted by atomic mass is 10.2. The van der Waals surface area contributed by atoms with Gasteiger partial charge in [0.05, 0.1) is 13.2 Å². The van der Waals surface area contributed by atoms with E-state index < -0.39 is 0 Å². The molecule has 0 fully saturated rings. The number of rotatable bonds is 5. The summed E-state index contributed by atoms with van der Waals surface area (Å²) in [5.74, 6) is 0. The summed E-state index contributed by atoms with van der Waals surface area (Å²) in [5, 5.41) is 1.35. The van der Waals surface area contributed by atoms with Crippen LogP contribution in [0.25, 0.3) is 10.9 Å². The second kappa shape index (κ2) is 6.15. The Labute approximate surface area is 126 Å². The van der Waals surface area contributed by atoms with Gasteiger partial charge in [-0.15, -0.1) is 0 Å². The number of aromatic nitrogens is 1. The first-order valence-electron chi connectivity index (χ1n) is 7.43. The summed E-state index contributed by atoms with van der Waals surface area (Å²) < 4.78 is 8.17. The number of ether oxygens (including phenoxy) is 1. The number of hydrogen-bond donors (Lipinski definition) is 0. The molecule has 0 spiro atoms. The summed E-state index contributed by atoms with van der Waals surface area (Å²) in [7, 11) is 0. The fraction of sp³-hybridized carbons (Fsp3) is 0.263. The average Bonchev–Trinajstić information content (AvgIpc) is 2.77. The van der Waals surface area contributed by atoms with Crippen molar-refractivity contribution in [3.63, 3.8) is 0 Å². The van der Waals surface area contributed by atoms with Crippen molar-refractivity contribution in [2.24, 2.45) is 0 Å². The molecule has 3 aromatic rings. The van der Waals surface area contributed by atoms with Gasteiger partial charge in [-0.25, -0.2) is 0 Å². The van der Waals surface area contributed by atoms with Crippen molar-refractivity contribution in [1.82, 2.24) is 4.57 Å². The lowest BCUT2D eigenvalue weighted by molar-refractivity contribution is 0.113. The molecule has 2 heteroatoms. The number of nitrogens with zero attached hydrogens (tertiary/aromatic N) is 1. The third-order valence-electron chi connectivity index (χ3n) is 4.12. The van der Waals surface area contributed by atoms with Crippen LogP contribution >= 0.6 is 0 Å². The molecular weight excluding hydrogens is 258 g/mol.